The lowest BCUT2D eigenvalue weighted by atomic mass is 10.1. The zero-order valence-electron chi connectivity index (χ0n) is 19.4. The summed E-state index contributed by atoms with van der Waals surface area (Å²) in [7, 11) is 1.29. The number of methoxy groups -OCH3 is 1. The first-order chi connectivity index (χ1) is 17.0. The van der Waals surface area contributed by atoms with Crippen molar-refractivity contribution < 1.29 is 19.1 Å². The minimum Gasteiger partial charge on any atom is -0.488 e. The maximum absolute atomic E-state index is 12.9. The van der Waals surface area contributed by atoms with Gasteiger partial charge >= 0.3 is 5.97 Å². The molecule has 0 fully saturated rings. The number of nitrogens with zero attached hydrogens (tertiary/aromatic N) is 3. The first kappa shape index (κ1) is 24.5. The quantitative estimate of drug-likeness (QED) is 0.467. The van der Waals surface area contributed by atoms with Gasteiger partial charge in [-0.25, -0.2) is 4.79 Å². The van der Waals surface area contributed by atoms with E-state index in [2.05, 4.69) is 4.98 Å². The van der Waals surface area contributed by atoms with Crippen molar-refractivity contribution in [3.63, 3.8) is 0 Å². The summed E-state index contributed by atoms with van der Waals surface area (Å²) in [4.78, 5) is 44.4. The molecular weight excluding hydrogens is 470 g/mol. The average molecular weight is 496 g/mol. The largest absolute Gasteiger partial charge is 0.488 e. The summed E-state index contributed by atoms with van der Waals surface area (Å²) in [6.07, 6.45) is 4.46. The second-order valence-corrected chi connectivity index (χ2v) is 8.59. The third-order valence-electron chi connectivity index (χ3n) is 6.02. The van der Waals surface area contributed by atoms with Crippen LogP contribution in [0.3, 0.4) is 0 Å². The number of aryl methyl sites for hydroxylation is 1. The Labute approximate surface area is 208 Å². The van der Waals surface area contributed by atoms with Crippen molar-refractivity contribution >= 4 is 23.5 Å². The molecule has 0 aliphatic carbocycles. The maximum atomic E-state index is 12.9. The van der Waals surface area contributed by atoms with E-state index < -0.39 is 5.97 Å². The van der Waals surface area contributed by atoms with Crippen molar-refractivity contribution in [1.29, 1.82) is 0 Å². The van der Waals surface area contributed by atoms with E-state index >= 15 is 0 Å². The summed E-state index contributed by atoms with van der Waals surface area (Å²) in [5, 5.41) is 0.636. The second kappa shape index (κ2) is 11.2. The molecule has 4 rings (SSSR count). The predicted octanol–water partition coefficient (Wildman–Crippen LogP) is 3.28. The summed E-state index contributed by atoms with van der Waals surface area (Å²) in [6.45, 7) is 1.16. The molecule has 9 heteroatoms. The van der Waals surface area contributed by atoms with Crippen LogP contribution in [-0.2, 0) is 35.5 Å². The fourth-order valence-corrected chi connectivity index (χ4v) is 4.41. The molecule has 1 aliphatic rings. The maximum Gasteiger partial charge on any atom is 0.343 e. The van der Waals surface area contributed by atoms with Crippen LogP contribution >= 0.6 is 11.6 Å². The monoisotopic (exact) mass is 495 g/mol. The molecule has 0 saturated carbocycles. The number of pyridine rings is 2. The van der Waals surface area contributed by atoms with Crippen LogP contribution in [0.15, 0.2) is 59.7 Å². The zero-order chi connectivity index (χ0) is 24.8. The number of aromatic nitrogens is 2. The van der Waals surface area contributed by atoms with Crippen LogP contribution < -0.4 is 10.3 Å². The fraction of sp³-hybridized carbons (Fsp3) is 0.308. The van der Waals surface area contributed by atoms with Crippen molar-refractivity contribution in [3.8, 4) is 5.75 Å². The topological polar surface area (TPSA) is 90.7 Å². The van der Waals surface area contributed by atoms with E-state index in [9.17, 15) is 14.4 Å². The number of carbonyl (C=O) groups excluding carboxylic acids is 2. The highest BCUT2D eigenvalue weighted by Crippen LogP contribution is 2.25. The van der Waals surface area contributed by atoms with E-state index in [0.29, 0.717) is 43.1 Å². The number of hydrogen-bond donors (Lipinski definition) is 0. The van der Waals surface area contributed by atoms with Crippen LogP contribution in [0.4, 0.5) is 0 Å². The van der Waals surface area contributed by atoms with E-state index in [4.69, 9.17) is 21.1 Å². The molecule has 8 nitrogen and oxygen atoms in total. The molecule has 3 heterocycles. The third kappa shape index (κ3) is 5.71. The van der Waals surface area contributed by atoms with Gasteiger partial charge in [-0.15, -0.1) is 0 Å². The molecule has 0 N–H and O–H groups in total. The Morgan fingerprint density at radius 3 is 2.69 bits per heavy atom. The van der Waals surface area contributed by atoms with Crippen molar-refractivity contribution in [2.75, 3.05) is 20.2 Å². The van der Waals surface area contributed by atoms with Gasteiger partial charge in [0.1, 0.15) is 17.9 Å². The molecule has 3 aromatic rings. The van der Waals surface area contributed by atoms with Crippen LogP contribution in [-0.4, -0.2) is 46.5 Å². The highest BCUT2D eigenvalue weighted by Gasteiger charge is 2.27. The Hall–Kier alpha value is -3.65. The Morgan fingerprint density at radius 1 is 1.11 bits per heavy atom. The molecule has 182 valence electrons. The normalized spacial score (nSPS) is 13.0. The number of carbonyl (C=O) groups is 2. The first-order valence-corrected chi connectivity index (χ1v) is 11.7. The van der Waals surface area contributed by atoms with Crippen molar-refractivity contribution in [3.05, 3.63) is 92.6 Å². The van der Waals surface area contributed by atoms with Crippen LogP contribution in [0.5, 0.6) is 5.75 Å². The molecule has 0 unspecified atom stereocenters. The summed E-state index contributed by atoms with van der Waals surface area (Å²) in [5.74, 6) is -0.456. The lowest BCUT2D eigenvalue weighted by Crippen LogP contribution is -2.34. The van der Waals surface area contributed by atoms with Gasteiger partial charge in [-0.2, -0.15) is 0 Å². The highest BCUT2D eigenvalue weighted by atomic mass is 35.5. The second-order valence-electron chi connectivity index (χ2n) is 8.18. The van der Waals surface area contributed by atoms with E-state index in [1.807, 2.05) is 24.3 Å². The molecule has 0 atom stereocenters. The first-order valence-electron chi connectivity index (χ1n) is 11.4. The lowest BCUT2D eigenvalue weighted by molar-refractivity contribution is -0.131. The van der Waals surface area contributed by atoms with Crippen LogP contribution in [0, 0.1) is 0 Å². The number of ether oxygens (including phenoxy) is 2. The molecular formula is C26H26ClN3O5. The Bertz CT molecular complexity index is 1280. The van der Waals surface area contributed by atoms with Gasteiger partial charge in [-0.05, 0) is 24.1 Å². The smallest absolute Gasteiger partial charge is 0.343 e. The van der Waals surface area contributed by atoms with Gasteiger partial charge in [-0.3, -0.25) is 14.6 Å². The number of rotatable bonds is 7. The molecule has 0 radical (unpaired) electrons. The van der Waals surface area contributed by atoms with Gasteiger partial charge in [0.2, 0.25) is 5.91 Å². The predicted molar refractivity (Wildman–Crippen MR) is 131 cm³/mol. The molecule has 1 amide bonds. The van der Waals surface area contributed by atoms with Crippen LogP contribution in [0.25, 0.3) is 0 Å². The Balaban J connectivity index is 1.53. The fourth-order valence-electron chi connectivity index (χ4n) is 4.18. The summed E-state index contributed by atoms with van der Waals surface area (Å²) in [5.41, 5.74) is 2.14. The molecule has 0 bridgehead atoms. The number of hydrogen-bond acceptors (Lipinski definition) is 6. The van der Waals surface area contributed by atoms with Crippen molar-refractivity contribution in [1.82, 2.24) is 14.5 Å². The SMILES string of the molecule is COC(=O)c1c(OCc2cccnc2)cc(=O)n2c1CCN(C(=O)CCc1ccccc1Cl)CC2. The van der Waals surface area contributed by atoms with E-state index in [0.717, 1.165) is 11.1 Å². The van der Waals surface area contributed by atoms with Crippen LogP contribution in [0.1, 0.15) is 33.6 Å². The van der Waals surface area contributed by atoms with Gasteiger partial charge in [0.05, 0.1) is 7.11 Å². The summed E-state index contributed by atoms with van der Waals surface area (Å²) >= 11 is 6.22. The molecule has 0 saturated heterocycles. The van der Waals surface area contributed by atoms with E-state index in [1.54, 1.807) is 29.4 Å². The van der Waals surface area contributed by atoms with E-state index in [1.165, 1.54) is 17.7 Å². The number of amides is 1. The zero-order valence-corrected chi connectivity index (χ0v) is 20.2. The lowest BCUT2D eigenvalue weighted by Gasteiger charge is -2.20. The summed E-state index contributed by atoms with van der Waals surface area (Å²) in [6, 6.07) is 12.4. The van der Waals surface area contributed by atoms with Gasteiger partial charge < -0.3 is 18.9 Å². The Kier molecular flexibility index (Phi) is 7.82. The van der Waals surface area contributed by atoms with Crippen LogP contribution in [0.2, 0.25) is 5.02 Å². The number of fused-ring (bicyclic) bond motifs is 1. The number of halogens is 1. The molecule has 1 aromatic carbocycles. The van der Waals surface area contributed by atoms with Gasteiger partial charge in [-0.1, -0.05) is 35.9 Å². The number of benzene rings is 1. The van der Waals surface area contributed by atoms with Crippen molar-refractivity contribution in [2.45, 2.75) is 32.4 Å². The Morgan fingerprint density at radius 2 is 1.94 bits per heavy atom. The summed E-state index contributed by atoms with van der Waals surface area (Å²) < 4.78 is 12.4. The van der Waals surface area contributed by atoms with Gasteiger partial charge in [0.25, 0.3) is 5.56 Å². The van der Waals surface area contributed by atoms with Gasteiger partial charge in [0.15, 0.2) is 0 Å². The molecule has 1 aliphatic heterocycles. The average Bonchev–Trinajstić information content (AvgIpc) is 3.11. The third-order valence-corrected chi connectivity index (χ3v) is 6.39. The molecule has 0 spiro atoms. The molecule has 35 heavy (non-hydrogen) atoms. The minimum absolute atomic E-state index is 0.0292. The standard InChI is InChI=1S/C26H26ClN3O5/c1-34-26(33)25-21-10-12-29(23(31)9-8-19-6-2-3-7-20(19)27)13-14-30(21)24(32)15-22(25)35-17-18-5-4-11-28-16-18/h2-7,11,15-16H,8-10,12-14,17H2,1H3. The number of esters is 1. The van der Waals surface area contributed by atoms with Gasteiger partial charge in [0, 0.05) is 67.2 Å². The highest BCUT2D eigenvalue weighted by molar-refractivity contribution is 6.31. The van der Waals surface area contributed by atoms with E-state index in [-0.39, 0.29) is 35.9 Å². The van der Waals surface area contributed by atoms with Crippen molar-refractivity contribution in [2.24, 2.45) is 0 Å². The minimum atomic E-state index is -0.589. The molecule has 2 aromatic heterocycles.